The van der Waals surface area contributed by atoms with E-state index in [4.69, 9.17) is 18.5 Å². The van der Waals surface area contributed by atoms with Crippen molar-refractivity contribution in [3.63, 3.8) is 0 Å². The number of hydrogen-bond donors (Lipinski definition) is 1. The van der Waals surface area contributed by atoms with Crippen LogP contribution in [0.4, 0.5) is 0 Å². The molecule has 0 fully saturated rings. The molecule has 0 rings (SSSR count). The number of phosphoric acid groups is 1. The summed E-state index contributed by atoms with van der Waals surface area (Å²) in [5.41, 5.74) is 0. The molecule has 0 saturated heterocycles. The minimum Gasteiger partial charge on any atom is -0.462 e. The van der Waals surface area contributed by atoms with Gasteiger partial charge < -0.3 is 18.9 Å². The number of phosphoric ester groups is 1. The molecule has 0 bridgehead atoms. The predicted octanol–water partition coefficient (Wildman–Crippen LogP) is 12.4. The van der Waals surface area contributed by atoms with Crippen LogP contribution in [0.3, 0.4) is 0 Å². The van der Waals surface area contributed by atoms with Crippen molar-refractivity contribution in [3.05, 3.63) is 24.3 Å². The number of carbonyl (C=O) groups excluding carboxylic acids is 2. The van der Waals surface area contributed by atoms with Crippen LogP contribution in [0.25, 0.3) is 0 Å². The number of esters is 2. The summed E-state index contributed by atoms with van der Waals surface area (Å²) in [5.74, 6) is -0.799. The maximum absolute atomic E-state index is 12.7. The van der Waals surface area contributed by atoms with E-state index >= 15 is 0 Å². The Morgan fingerprint density at radius 3 is 1.37 bits per heavy atom. The molecule has 10 heteroatoms. The lowest BCUT2D eigenvalue weighted by atomic mass is 10.1. The minimum absolute atomic E-state index is 0.0323. The van der Waals surface area contributed by atoms with Crippen LogP contribution in [0.1, 0.15) is 194 Å². The highest BCUT2D eigenvalue weighted by Gasteiger charge is 2.27. The van der Waals surface area contributed by atoms with Gasteiger partial charge in [-0.25, -0.2) is 4.57 Å². The van der Waals surface area contributed by atoms with Gasteiger partial charge >= 0.3 is 19.8 Å². The molecule has 0 amide bonds. The molecule has 0 radical (unpaired) electrons. The summed E-state index contributed by atoms with van der Waals surface area (Å²) in [6, 6.07) is 0. The van der Waals surface area contributed by atoms with E-state index in [1.165, 1.54) is 122 Å². The lowest BCUT2D eigenvalue weighted by Crippen LogP contribution is -2.37. The lowest BCUT2D eigenvalue weighted by Gasteiger charge is -2.24. The molecule has 0 aliphatic rings. The molecule has 9 nitrogen and oxygen atoms in total. The van der Waals surface area contributed by atoms with Crippen LogP contribution in [0.2, 0.25) is 0 Å². The van der Waals surface area contributed by atoms with Crippen molar-refractivity contribution in [2.75, 3.05) is 47.5 Å². The monoisotopic (exact) mass is 787 g/mol. The van der Waals surface area contributed by atoms with Crippen molar-refractivity contribution < 1.29 is 42.1 Å². The Balaban J connectivity index is 4.34. The third kappa shape index (κ3) is 40.2. The van der Waals surface area contributed by atoms with Gasteiger partial charge in [-0.05, 0) is 51.4 Å². The Bertz CT molecular complexity index is 980. The second-order valence-corrected chi connectivity index (χ2v) is 17.5. The average molecular weight is 787 g/mol. The first-order valence-corrected chi connectivity index (χ1v) is 23.6. The molecule has 0 aliphatic carbocycles. The fourth-order valence-corrected chi connectivity index (χ4v) is 6.66. The van der Waals surface area contributed by atoms with Gasteiger partial charge in [0.15, 0.2) is 6.10 Å². The third-order valence-corrected chi connectivity index (χ3v) is 10.4. The number of allylic oxidation sites excluding steroid dienone is 4. The van der Waals surface area contributed by atoms with Crippen LogP contribution in [-0.4, -0.2) is 74.9 Å². The molecular formula is C44H85NO8P+. The number of carbonyl (C=O) groups is 2. The Morgan fingerprint density at radius 2 is 0.944 bits per heavy atom. The molecule has 0 aliphatic heterocycles. The van der Waals surface area contributed by atoms with Crippen LogP contribution >= 0.6 is 7.82 Å². The molecule has 0 aromatic heterocycles. The summed E-state index contributed by atoms with van der Waals surface area (Å²) in [4.78, 5) is 35.3. The van der Waals surface area contributed by atoms with E-state index in [-0.39, 0.29) is 32.0 Å². The molecule has 0 aromatic carbocycles. The number of nitrogens with zero attached hydrogens (tertiary/aromatic N) is 1. The van der Waals surface area contributed by atoms with Gasteiger partial charge in [-0.1, -0.05) is 154 Å². The van der Waals surface area contributed by atoms with Crippen molar-refractivity contribution in [2.45, 2.75) is 200 Å². The van der Waals surface area contributed by atoms with Gasteiger partial charge in [0.1, 0.15) is 19.8 Å². The lowest BCUT2D eigenvalue weighted by molar-refractivity contribution is -0.870. The average Bonchev–Trinajstić information content (AvgIpc) is 3.12. The van der Waals surface area contributed by atoms with Crippen molar-refractivity contribution in [1.82, 2.24) is 0 Å². The van der Waals surface area contributed by atoms with Crippen molar-refractivity contribution in [3.8, 4) is 0 Å². The number of quaternary nitrogens is 1. The highest BCUT2D eigenvalue weighted by atomic mass is 31.2. The Kier molecular flexibility index (Phi) is 36.1. The van der Waals surface area contributed by atoms with Crippen LogP contribution in [0.5, 0.6) is 0 Å². The molecule has 0 spiro atoms. The highest BCUT2D eigenvalue weighted by Crippen LogP contribution is 2.43. The summed E-state index contributed by atoms with van der Waals surface area (Å²) in [5, 5.41) is 0. The maximum atomic E-state index is 12.7. The van der Waals surface area contributed by atoms with E-state index in [1.807, 2.05) is 21.1 Å². The van der Waals surface area contributed by atoms with E-state index in [2.05, 4.69) is 38.2 Å². The molecule has 0 heterocycles. The van der Waals surface area contributed by atoms with Gasteiger partial charge in [-0.15, -0.1) is 0 Å². The Hall–Kier alpha value is -1.51. The van der Waals surface area contributed by atoms with Crippen LogP contribution in [0, 0.1) is 0 Å². The van der Waals surface area contributed by atoms with E-state index < -0.39 is 26.5 Å². The van der Waals surface area contributed by atoms with E-state index in [0.717, 1.165) is 38.5 Å². The molecule has 54 heavy (non-hydrogen) atoms. The Labute approximate surface area is 332 Å². The molecule has 2 unspecified atom stereocenters. The van der Waals surface area contributed by atoms with Crippen LogP contribution < -0.4 is 0 Å². The van der Waals surface area contributed by atoms with E-state index in [0.29, 0.717) is 17.4 Å². The van der Waals surface area contributed by atoms with Crippen molar-refractivity contribution >= 4 is 19.8 Å². The van der Waals surface area contributed by atoms with Crippen LogP contribution in [0.15, 0.2) is 24.3 Å². The zero-order valence-electron chi connectivity index (χ0n) is 35.7. The van der Waals surface area contributed by atoms with Gasteiger partial charge in [-0.3, -0.25) is 18.6 Å². The molecule has 0 aromatic rings. The van der Waals surface area contributed by atoms with Gasteiger partial charge in [-0.2, -0.15) is 0 Å². The van der Waals surface area contributed by atoms with E-state index in [9.17, 15) is 19.0 Å². The van der Waals surface area contributed by atoms with Gasteiger partial charge in [0.2, 0.25) is 0 Å². The number of unbranched alkanes of at least 4 members (excludes halogenated alkanes) is 22. The van der Waals surface area contributed by atoms with Crippen molar-refractivity contribution in [1.29, 1.82) is 0 Å². The first-order valence-electron chi connectivity index (χ1n) is 22.1. The summed E-state index contributed by atoms with van der Waals surface area (Å²) >= 11 is 0. The van der Waals surface area contributed by atoms with Crippen LogP contribution in [-0.2, 0) is 32.7 Å². The Morgan fingerprint density at radius 1 is 0.556 bits per heavy atom. The summed E-state index contributed by atoms with van der Waals surface area (Å²) in [7, 11) is 1.48. The van der Waals surface area contributed by atoms with Gasteiger partial charge in [0.05, 0.1) is 27.7 Å². The summed E-state index contributed by atoms with van der Waals surface area (Å²) in [6.45, 7) is 4.37. The largest absolute Gasteiger partial charge is 0.472 e. The maximum Gasteiger partial charge on any atom is 0.472 e. The zero-order valence-corrected chi connectivity index (χ0v) is 36.6. The summed E-state index contributed by atoms with van der Waals surface area (Å²) in [6.07, 6.45) is 39.3. The first-order chi connectivity index (χ1) is 26.0. The number of rotatable bonds is 40. The summed E-state index contributed by atoms with van der Waals surface area (Å²) < 4.78 is 34.3. The normalized spacial score (nSPS) is 13.8. The first kappa shape index (κ1) is 52.5. The second kappa shape index (κ2) is 37.1. The number of ether oxygens (including phenoxy) is 2. The highest BCUT2D eigenvalue weighted by molar-refractivity contribution is 7.47. The second-order valence-electron chi connectivity index (χ2n) is 16.1. The minimum atomic E-state index is -4.37. The number of likely N-dealkylation sites (N-methyl/N-ethyl adjacent to an activating group) is 1. The SMILES string of the molecule is CCCC/C=C/CCCCCCCCCCCC(=O)OCC(COP(=O)(O)OCC[N+](C)(C)C)OC(=O)CCCCCCCCCCC/C=C/CCCC. The standard InChI is InChI=1S/C44H84NO8P/c1-6-8-10-12-14-16-18-20-22-24-26-28-30-32-34-36-43(46)50-40-42(41-52-54(48,49)51-39-38-45(3,4)5)53-44(47)37-35-33-31-29-27-25-23-21-19-17-15-13-11-9-7-2/h12-15,42H,6-11,16-41H2,1-5H3/p+1/b14-12+,15-13+. The smallest absolute Gasteiger partial charge is 0.462 e. The molecular weight excluding hydrogens is 701 g/mol. The van der Waals surface area contributed by atoms with E-state index in [1.54, 1.807) is 0 Å². The quantitative estimate of drug-likeness (QED) is 0.0215. The van der Waals surface area contributed by atoms with Gasteiger partial charge in [0.25, 0.3) is 0 Å². The van der Waals surface area contributed by atoms with Gasteiger partial charge in [0, 0.05) is 12.8 Å². The molecule has 0 saturated carbocycles. The molecule has 1 N–H and O–H groups in total. The van der Waals surface area contributed by atoms with Crippen molar-refractivity contribution in [2.24, 2.45) is 0 Å². The molecule has 2 atom stereocenters. The fraction of sp³-hybridized carbons (Fsp3) is 0.864. The molecule has 318 valence electrons. The third-order valence-electron chi connectivity index (χ3n) is 9.45. The predicted molar refractivity (Wildman–Crippen MR) is 224 cm³/mol. The fourth-order valence-electron chi connectivity index (χ4n) is 5.92. The zero-order chi connectivity index (χ0) is 40.0. The topological polar surface area (TPSA) is 108 Å². The number of hydrogen-bond acceptors (Lipinski definition) is 7.